The predicted molar refractivity (Wildman–Crippen MR) is 112 cm³/mol. The highest BCUT2D eigenvalue weighted by molar-refractivity contribution is 7.92. The van der Waals surface area contributed by atoms with Gasteiger partial charge in [0.05, 0.1) is 4.90 Å². The van der Waals surface area contributed by atoms with Crippen LogP contribution in [0.3, 0.4) is 0 Å². The van der Waals surface area contributed by atoms with E-state index in [1.165, 1.54) is 12.1 Å². The van der Waals surface area contributed by atoms with E-state index >= 15 is 0 Å². The molecule has 5 nitrogen and oxygen atoms in total. The maximum absolute atomic E-state index is 12.7. The van der Waals surface area contributed by atoms with Gasteiger partial charge in [0.25, 0.3) is 15.9 Å². The van der Waals surface area contributed by atoms with Gasteiger partial charge in [-0.05, 0) is 73.9 Å². The lowest BCUT2D eigenvalue weighted by molar-refractivity contribution is 0.102. The minimum atomic E-state index is -3.80. The van der Waals surface area contributed by atoms with Crippen LogP contribution >= 0.6 is 0 Å². The fraction of sp³-hybridized carbons (Fsp3) is 0.136. The van der Waals surface area contributed by atoms with Gasteiger partial charge in [-0.2, -0.15) is 0 Å². The standard InChI is InChI=1S/C22H22N2O3S/c1-15-7-4-10-19(13-15)24-28(26,27)20-11-6-9-18(14-20)22(25)23-21-12-5-8-16(2)17(21)3/h4-14,24H,1-3H3,(H,23,25). The first-order chi connectivity index (χ1) is 13.3. The van der Waals surface area contributed by atoms with Crippen LogP contribution in [0.15, 0.2) is 71.6 Å². The molecule has 3 aromatic carbocycles. The molecule has 1 amide bonds. The average Bonchev–Trinajstić information content (AvgIpc) is 2.65. The number of benzene rings is 3. The molecule has 2 N–H and O–H groups in total. The van der Waals surface area contributed by atoms with Crippen molar-refractivity contribution in [2.75, 3.05) is 10.0 Å². The van der Waals surface area contributed by atoms with Gasteiger partial charge in [-0.25, -0.2) is 8.42 Å². The molecule has 6 heteroatoms. The Hall–Kier alpha value is -3.12. The van der Waals surface area contributed by atoms with E-state index in [1.807, 2.05) is 45.0 Å². The molecule has 28 heavy (non-hydrogen) atoms. The van der Waals surface area contributed by atoms with Crippen molar-refractivity contribution in [3.63, 3.8) is 0 Å². The zero-order chi connectivity index (χ0) is 20.3. The quantitative estimate of drug-likeness (QED) is 0.661. The van der Waals surface area contributed by atoms with Crippen molar-refractivity contribution in [1.82, 2.24) is 0 Å². The number of anilines is 2. The summed E-state index contributed by atoms with van der Waals surface area (Å²) in [6.07, 6.45) is 0. The van der Waals surface area contributed by atoms with Gasteiger partial charge in [0.15, 0.2) is 0 Å². The number of hydrogen-bond acceptors (Lipinski definition) is 3. The van der Waals surface area contributed by atoms with E-state index in [9.17, 15) is 13.2 Å². The van der Waals surface area contributed by atoms with Crippen LogP contribution < -0.4 is 10.0 Å². The summed E-state index contributed by atoms with van der Waals surface area (Å²) in [4.78, 5) is 12.7. The highest BCUT2D eigenvalue weighted by Crippen LogP contribution is 2.21. The van der Waals surface area contributed by atoms with Crippen LogP contribution in [-0.2, 0) is 10.0 Å². The number of sulfonamides is 1. The lowest BCUT2D eigenvalue weighted by Gasteiger charge is -2.12. The Morgan fingerprint density at radius 2 is 1.57 bits per heavy atom. The largest absolute Gasteiger partial charge is 0.322 e. The van der Waals surface area contributed by atoms with Gasteiger partial charge in [0.1, 0.15) is 0 Å². The molecule has 0 atom stereocenters. The monoisotopic (exact) mass is 394 g/mol. The zero-order valence-corrected chi connectivity index (χ0v) is 16.8. The molecule has 0 unspecified atom stereocenters. The summed E-state index contributed by atoms with van der Waals surface area (Å²) in [7, 11) is -3.80. The summed E-state index contributed by atoms with van der Waals surface area (Å²) < 4.78 is 28.0. The Balaban J connectivity index is 1.85. The van der Waals surface area contributed by atoms with E-state index in [0.717, 1.165) is 16.7 Å². The van der Waals surface area contributed by atoms with E-state index < -0.39 is 10.0 Å². The van der Waals surface area contributed by atoms with Gasteiger partial charge in [-0.1, -0.05) is 30.3 Å². The van der Waals surface area contributed by atoms with Crippen molar-refractivity contribution in [2.24, 2.45) is 0 Å². The van der Waals surface area contributed by atoms with Crippen molar-refractivity contribution < 1.29 is 13.2 Å². The van der Waals surface area contributed by atoms with Crippen molar-refractivity contribution >= 4 is 27.3 Å². The molecule has 144 valence electrons. The summed E-state index contributed by atoms with van der Waals surface area (Å²) >= 11 is 0. The number of nitrogens with one attached hydrogen (secondary N) is 2. The first-order valence-corrected chi connectivity index (χ1v) is 10.3. The highest BCUT2D eigenvalue weighted by Gasteiger charge is 2.17. The van der Waals surface area contributed by atoms with Gasteiger partial charge in [0, 0.05) is 16.9 Å². The van der Waals surface area contributed by atoms with E-state index in [0.29, 0.717) is 11.4 Å². The van der Waals surface area contributed by atoms with Crippen LogP contribution in [0.1, 0.15) is 27.0 Å². The molecule has 0 aliphatic rings. The van der Waals surface area contributed by atoms with E-state index in [2.05, 4.69) is 10.0 Å². The van der Waals surface area contributed by atoms with Crippen LogP contribution in [0.5, 0.6) is 0 Å². The molecule has 0 radical (unpaired) electrons. The third-order valence-corrected chi connectivity index (χ3v) is 5.91. The summed E-state index contributed by atoms with van der Waals surface area (Å²) in [5, 5.41) is 2.85. The lowest BCUT2D eigenvalue weighted by Crippen LogP contribution is -2.16. The molecule has 0 bridgehead atoms. The number of aryl methyl sites for hydroxylation is 2. The Morgan fingerprint density at radius 3 is 2.32 bits per heavy atom. The molecule has 0 aromatic heterocycles. The lowest BCUT2D eigenvalue weighted by atomic mass is 10.1. The van der Waals surface area contributed by atoms with Gasteiger partial charge in [-0.15, -0.1) is 0 Å². The second-order valence-electron chi connectivity index (χ2n) is 6.70. The number of carbonyl (C=O) groups excluding carboxylic acids is 1. The average molecular weight is 394 g/mol. The second-order valence-corrected chi connectivity index (χ2v) is 8.39. The Morgan fingerprint density at radius 1 is 0.857 bits per heavy atom. The maximum Gasteiger partial charge on any atom is 0.261 e. The maximum atomic E-state index is 12.7. The van der Waals surface area contributed by atoms with Crippen molar-refractivity contribution in [2.45, 2.75) is 25.7 Å². The number of rotatable bonds is 5. The third kappa shape index (κ3) is 4.40. The molecule has 0 saturated heterocycles. The topological polar surface area (TPSA) is 75.3 Å². The van der Waals surface area contributed by atoms with Gasteiger partial charge in [-0.3, -0.25) is 9.52 Å². The molecule has 3 rings (SSSR count). The Bertz CT molecular complexity index is 1140. The van der Waals surface area contributed by atoms with Crippen LogP contribution in [-0.4, -0.2) is 14.3 Å². The molecule has 0 aliphatic carbocycles. The molecule has 0 saturated carbocycles. The van der Waals surface area contributed by atoms with Crippen LogP contribution in [0.2, 0.25) is 0 Å². The predicted octanol–water partition coefficient (Wildman–Crippen LogP) is 4.66. The molecule has 0 heterocycles. The molecule has 3 aromatic rings. The molecule has 0 spiro atoms. The van der Waals surface area contributed by atoms with E-state index in [1.54, 1.807) is 30.3 Å². The van der Waals surface area contributed by atoms with Crippen LogP contribution in [0.25, 0.3) is 0 Å². The number of amides is 1. The van der Waals surface area contributed by atoms with Crippen LogP contribution in [0, 0.1) is 20.8 Å². The first kappa shape index (κ1) is 19.6. The van der Waals surface area contributed by atoms with E-state index in [-0.39, 0.29) is 16.4 Å². The molecular formula is C22H22N2O3S. The smallest absolute Gasteiger partial charge is 0.261 e. The van der Waals surface area contributed by atoms with Crippen molar-refractivity contribution in [3.8, 4) is 0 Å². The van der Waals surface area contributed by atoms with Crippen molar-refractivity contribution in [1.29, 1.82) is 0 Å². The van der Waals surface area contributed by atoms with Gasteiger partial charge < -0.3 is 5.32 Å². The van der Waals surface area contributed by atoms with Gasteiger partial charge >= 0.3 is 0 Å². The Kier molecular flexibility index (Phi) is 5.51. The summed E-state index contributed by atoms with van der Waals surface area (Å²) in [5.41, 5.74) is 4.44. The molecular weight excluding hydrogens is 372 g/mol. The Labute approximate surface area is 165 Å². The fourth-order valence-electron chi connectivity index (χ4n) is 2.81. The first-order valence-electron chi connectivity index (χ1n) is 8.83. The second kappa shape index (κ2) is 7.86. The fourth-order valence-corrected chi connectivity index (χ4v) is 3.90. The molecule has 0 fully saturated rings. The third-order valence-electron chi connectivity index (χ3n) is 4.53. The number of carbonyl (C=O) groups is 1. The zero-order valence-electron chi connectivity index (χ0n) is 16.0. The minimum Gasteiger partial charge on any atom is -0.322 e. The van der Waals surface area contributed by atoms with Crippen LogP contribution in [0.4, 0.5) is 11.4 Å². The molecule has 0 aliphatic heterocycles. The number of hydrogen-bond donors (Lipinski definition) is 2. The summed E-state index contributed by atoms with van der Waals surface area (Å²) in [6.45, 7) is 5.78. The normalized spacial score (nSPS) is 11.1. The van der Waals surface area contributed by atoms with Gasteiger partial charge in [0.2, 0.25) is 0 Å². The SMILES string of the molecule is Cc1cccc(NS(=O)(=O)c2cccc(C(=O)Nc3cccc(C)c3C)c2)c1. The highest BCUT2D eigenvalue weighted by atomic mass is 32.2. The minimum absolute atomic E-state index is 0.0302. The van der Waals surface area contributed by atoms with E-state index in [4.69, 9.17) is 0 Å². The summed E-state index contributed by atoms with van der Waals surface area (Å²) in [6, 6.07) is 18.7. The summed E-state index contributed by atoms with van der Waals surface area (Å²) in [5.74, 6) is -0.360. The van der Waals surface area contributed by atoms with Crippen molar-refractivity contribution in [3.05, 3.63) is 89.0 Å².